The normalized spacial score (nSPS) is 12.7. The van der Waals surface area contributed by atoms with Gasteiger partial charge in [0.1, 0.15) is 6.54 Å². The Kier molecular flexibility index (Phi) is 4.65. The van der Waals surface area contributed by atoms with E-state index in [0.717, 1.165) is 11.6 Å². The van der Waals surface area contributed by atoms with Gasteiger partial charge in [0.2, 0.25) is 0 Å². The molecule has 0 spiro atoms. The van der Waals surface area contributed by atoms with E-state index in [1.54, 1.807) is 7.05 Å². The molecule has 0 unspecified atom stereocenters. The highest BCUT2D eigenvalue weighted by Gasteiger charge is 2.30. The number of pyridine rings is 1. The summed E-state index contributed by atoms with van der Waals surface area (Å²) >= 11 is 0. The second-order valence-corrected chi connectivity index (χ2v) is 5.19. The molecular weight excluding hydrogens is 271 g/mol. The monoisotopic (exact) mass is 283 g/mol. The fourth-order valence-corrected chi connectivity index (χ4v) is 2.07. The van der Waals surface area contributed by atoms with Crippen LogP contribution in [0.3, 0.4) is 0 Å². The van der Waals surface area contributed by atoms with E-state index in [1.807, 2.05) is 0 Å². The van der Waals surface area contributed by atoms with E-state index in [1.165, 1.54) is 17.0 Å². The molecule has 0 bridgehead atoms. The van der Waals surface area contributed by atoms with E-state index >= 15 is 0 Å². The molecule has 5 nitrogen and oxygen atoms in total. The molecule has 18 heavy (non-hydrogen) atoms. The average Bonchev–Trinajstić information content (AvgIpc) is 2.27. The lowest BCUT2D eigenvalue weighted by Crippen LogP contribution is -2.34. The number of nitrogens with zero attached hydrogens (tertiary/aromatic N) is 1. The number of alkyl halides is 3. The highest BCUT2D eigenvalue weighted by atomic mass is 32.2. The number of hydrogen-bond acceptors (Lipinski definition) is 4. The lowest BCUT2D eigenvalue weighted by atomic mass is 10.3. The van der Waals surface area contributed by atoms with Gasteiger partial charge in [0.15, 0.2) is 5.03 Å². The van der Waals surface area contributed by atoms with Crippen molar-refractivity contribution >= 4 is 10.0 Å². The number of aromatic nitrogens is 1. The average molecular weight is 283 g/mol. The third-order valence-electron chi connectivity index (χ3n) is 1.92. The van der Waals surface area contributed by atoms with Crippen LogP contribution in [0.15, 0.2) is 23.4 Å². The zero-order valence-corrected chi connectivity index (χ0v) is 10.3. The molecule has 1 aromatic rings. The molecule has 0 saturated carbocycles. The van der Waals surface area contributed by atoms with Crippen LogP contribution in [-0.2, 0) is 16.6 Å². The Morgan fingerprint density at radius 3 is 2.44 bits per heavy atom. The van der Waals surface area contributed by atoms with Crippen LogP contribution in [0.4, 0.5) is 13.2 Å². The Morgan fingerprint density at radius 1 is 1.33 bits per heavy atom. The summed E-state index contributed by atoms with van der Waals surface area (Å²) in [5, 5.41) is 2.40. The summed E-state index contributed by atoms with van der Waals surface area (Å²) < 4.78 is 60.1. The standard InChI is InChI=1S/C9H12F3N3O2S/c1-13-4-7-2-3-8(14-5-7)18(16,17)15-6-9(10,11)12/h2-3,5,13,15H,4,6H2,1H3. The van der Waals surface area contributed by atoms with Crippen molar-refractivity contribution in [3.8, 4) is 0 Å². The maximum Gasteiger partial charge on any atom is 0.402 e. The van der Waals surface area contributed by atoms with Crippen molar-refractivity contribution in [2.75, 3.05) is 13.6 Å². The lowest BCUT2D eigenvalue weighted by molar-refractivity contribution is -0.121. The summed E-state index contributed by atoms with van der Waals surface area (Å²) in [6.07, 6.45) is -3.31. The quantitative estimate of drug-likeness (QED) is 0.832. The summed E-state index contributed by atoms with van der Waals surface area (Å²) in [6, 6.07) is 2.64. The summed E-state index contributed by atoms with van der Waals surface area (Å²) in [7, 11) is -2.52. The molecule has 9 heteroatoms. The van der Waals surface area contributed by atoms with Gasteiger partial charge in [-0.2, -0.15) is 13.2 Å². The summed E-state index contributed by atoms with van der Waals surface area (Å²) in [6.45, 7) is -1.13. The van der Waals surface area contributed by atoms with Crippen LogP contribution in [0.1, 0.15) is 5.56 Å². The lowest BCUT2D eigenvalue weighted by Gasteiger charge is -2.09. The Balaban J connectivity index is 2.79. The Hall–Kier alpha value is -1.19. The fraction of sp³-hybridized carbons (Fsp3) is 0.444. The number of rotatable bonds is 5. The van der Waals surface area contributed by atoms with E-state index in [2.05, 4.69) is 10.3 Å². The molecule has 0 fully saturated rings. The molecule has 0 aromatic carbocycles. The number of halogens is 3. The van der Waals surface area contributed by atoms with Gasteiger partial charge in [0.05, 0.1) is 0 Å². The van der Waals surface area contributed by atoms with Gasteiger partial charge in [-0.05, 0) is 18.7 Å². The third-order valence-corrected chi connectivity index (χ3v) is 3.23. The largest absolute Gasteiger partial charge is 0.402 e. The van der Waals surface area contributed by atoms with E-state index < -0.39 is 27.8 Å². The van der Waals surface area contributed by atoms with Crippen molar-refractivity contribution in [3.05, 3.63) is 23.9 Å². The van der Waals surface area contributed by atoms with Crippen LogP contribution in [-0.4, -0.2) is 33.2 Å². The molecule has 0 aliphatic carbocycles. The molecule has 1 heterocycles. The van der Waals surface area contributed by atoms with Crippen LogP contribution in [0.5, 0.6) is 0 Å². The maximum atomic E-state index is 11.9. The highest BCUT2D eigenvalue weighted by Crippen LogP contribution is 2.14. The predicted molar refractivity (Wildman–Crippen MR) is 58.2 cm³/mol. The zero-order valence-electron chi connectivity index (χ0n) is 9.45. The molecular formula is C9H12F3N3O2S. The molecule has 1 rings (SSSR count). The Morgan fingerprint density at radius 2 is 2.00 bits per heavy atom. The molecule has 0 aliphatic heterocycles. The molecule has 0 amide bonds. The first kappa shape index (κ1) is 14.9. The summed E-state index contributed by atoms with van der Waals surface area (Å²) in [4.78, 5) is 3.61. The van der Waals surface area contributed by atoms with Gasteiger partial charge in [-0.25, -0.2) is 18.1 Å². The highest BCUT2D eigenvalue weighted by molar-refractivity contribution is 7.89. The second-order valence-electron chi connectivity index (χ2n) is 3.47. The first-order valence-corrected chi connectivity index (χ1v) is 6.39. The van der Waals surface area contributed by atoms with Gasteiger partial charge in [-0.15, -0.1) is 0 Å². The minimum atomic E-state index is -4.60. The Labute approximate surface area is 102 Å². The fourth-order valence-electron chi connectivity index (χ4n) is 1.13. The molecule has 102 valence electrons. The number of hydrogen-bond donors (Lipinski definition) is 2. The van der Waals surface area contributed by atoms with E-state index in [0.29, 0.717) is 6.54 Å². The molecule has 0 radical (unpaired) electrons. The predicted octanol–water partition coefficient (Wildman–Crippen LogP) is 0.642. The first-order valence-electron chi connectivity index (χ1n) is 4.90. The van der Waals surface area contributed by atoms with Crippen LogP contribution >= 0.6 is 0 Å². The van der Waals surface area contributed by atoms with Crippen molar-refractivity contribution in [1.82, 2.24) is 15.0 Å². The second kappa shape index (κ2) is 5.63. The van der Waals surface area contributed by atoms with Gasteiger partial charge in [0, 0.05) is 12.7 Å². The van der Waals surface area contributed by atoms with Crippen LogP contribution in [0.25, 0.3) is 0 Å². The van der Waals surface area contributed by atoms with Crippen molar-refractivity contribution in [2.24, 2.45) is 0 Å². The van der Waals surface area contributed by atoms with E-state index in [9.17, 15) is 21.6 Å². The van der Waals surface area contributed by atoms with Gasteiger partial charge >= 0.3 is 6.18 Å². The van der Waals surface area contributed by atoms with Crippen LogP contribution in [0, 0.1) is 0 Å². The molecule has 2 N–H and O–H groups in total. The van der Waals surface area contributed by atoms with Crippen molar-refractivity contribution < 1.29 is 21.6 Å². The SMILES string of the molecule is CNCc1ccc(S(=O)(=O)NCC(F)(F)F)nc1. The zero-order chi connectivity index (χ0) is 13.8. The van der Waals surface area contributed by atoms with E-state index in [-0.39, 0.29) is 0 Å². The summed E-state index contributed by atoms with van der Waals surface area (Å²) in [5.41, 5.74) is 0.729. The van der Waals surface area contributed by atoms with Crippen LogP contribution in [0.2, 0.25) is 0 Å². The number of nitrogens with one attached hydrogen (secondary N) is 2. The van der Waals surface area contributed by atoms with Crippen molar-refractivity contribution in [1.29, 1.82) is 0 Å². The smallest absolute Gasteiger partial charge is 0.316 e. The third kappa shape index (κ3) is 4.59. The minimum absolute atomic E-state index is 0.438. The first-order chi connectivity index (χ1) is 8.24. The molecule has 0 atom stereocenters. The van der Waals surface area contributed by atoms with Gasteiger partial charge in [-0.1, -0.05) is 6.07 Å². The number of sulfonamides is 1. The van der Waals surface area contributed by atoms with Crippen molar-refractivity contribution in [2.45, 2.75) is 17.7 Å². The molecule has 0 saturated heterocycles. The van der Waals surface area contributed by atoms with Crippen LogP contribution < -0.4 is 10.0 Å². The van der Waals surface area contributed by atoms with Gasteiger partial charge in [0.25, 0.3) is 10.0 Å². The maximum absolute atomic E-state index is 11.9. The summed E-state index contributed by atoms with van der Waals surface area (Å²) in [5.74, 6) is 0. The molecule has 0 aliphatic rings. The minimum Gasteiger partial charge on any atom is -0.316 e. The van der Waals surface area contributed by atoms with E-state index in [4.69, 9.17) is 0 Å². The topological polar surface area (TPSA) is 71.1 Å². The van der Waals surface area contributed by atoms with Gasteiger partial charge < -0.3 is 5.32 Å². The van der Waals surface area contributed by atoms with Crippen molar-refractivity contribution in [3.63, 3.8) is 0 Å². The van der Waals surface area contributed by atoms with Gasteiger partial charge in [-0.3, -0.25) is 0 Å². The Bertz CT molecular complexity index is 485. The molecule has 1 aromatic heterocycles.